The van der Waals surface area contributed by atoms with E-state index >= 15 is 0 Å². The summed E-state index contributed by atoms with van der Waals surface area (Å²) in [6.45, 7) is 0. The zero-order chi connectivity index (χ0) is 15.1. The van der Waals surface area contributed by atoms with Crippen molar-refractivity contribution in [2.24, 2.45) is 5.73 Å². The Balaban J connectivity index is 2.70. The van der Waals surface area contributed by atoms with E-state index < -0.39 is 45.9 Å². The van der Waals surface area contributed by atoms with E-state index in [2.05, 4.69) is 4.74 Å². The molecule has 0 radical (unpaired) electrons. The number of hydrogen-bond acceptors (Lipinski definition) is 3. The lowest BCUT2D eigenvalue weighted by Crippen LogP contribution is -2.36. The number of benzene rings is 1. The third-order valence-electron chi connectivity index (χ3n) is 3.65. The Morgan fingerprint density at radius 1 is 1.05 bits per heavy atom. The molecule has 0 amide bonds. The van der Waals surface area contributed by atoms with Crippen molar-refractivity contribution in [3.63, 3.8) is 0 Å². The average Bonchev–Trinajstić information content (AvgIpc) is 2.84. The fourth-order valence-electron chi connectivity index (χ4n) is 2.61. The molecule has 2 N–H and O–H groups in total. The van der Waals surface area contributed by atoms with Crippen molar-refractivity contribution >= 4 is 5.97 Å². The van der Waals surface area contributed by atoms with Gasteiger partial charge in [0.15, 0.2) is 23.3 Å². The maximum Gasteiger partial charge on any atom is 0.344 e. The van der Waals surface area contributed by atoms with Gasteiger partial charge in [-0.2, -0.15) is 0 Å². The number of nitrogens with two attached hydrogens (primary N) is 1. The van der Waals surface area contributed by atoms with Gasteiger partial charge in [0.25, 0.3) is 0 Å². The van der Waals surface area contributed by atoms with Gasteiger partial charge in [-0.25, -0.2) is 22.4 Å². The van der Waals surface area contributed by atoms with Gasteiger partial charge < -0.3 is 10.5 Å². The molecule has 1 aromatic rings. The van der Waals surface area contributed by atoms with E-state index in [1.807, 2.05) is 0 Å². The smallest absolute Gasteiger partial charge is 0.344 e. The number of carbonyl (C=O) groups excluding carboxylic acids is 1. The summed E-state index contributed by atoms with van der Waals surface area (Å²) in [6, 6.07) is 0. The molecule has 0 atom stereocenters. The van der Waals surface area contributed by atoms with E-state index in [1.165, 1.54) is 0 Å². The van der Waals surface area contributed by atoms with Gasteiger partial charge in [0, 0.05) is 11.1 Å². The topological polar surface area (TPSA) is 52.3 Å². The number of carbonyl (C=O) groups is 1. The zero-order valence-electron chi connectivity index (χ0n) is 10.7. The number of methoxy groups -OCH3 is 1. The average molecular weight is 291 g/mol. The van der Waals surface area contributed by atoms with Crippen LogP contribution in [-0.4, -0.2) is 13.1 Å². The predicted molar refractivity (Wildman–Crippen MR) is 61.9 cm³/mol. The van der Waals surface area contributed by atoms with Gasteiger partial charge in [0.05, 0.1) is 7.11 Å². The molecule has 0 bridgehead atoms. The molecule has 110 valence electrons. The summed E-state index contributed by atoms with van der Waals surface area (Å²) in [6.07, 6.45) is 1.66. The maximum absolute atomic E-state index is 14.0. The van der Waals surface area contributed by atoms with E-state index in [4.69, 9.17) is 5.73 Å². The normalized spacial score (nSPS) is 17.3. The molecule has 20 heavy (non-hydrogen) atoms. The molecular formula is C13H13F4NO2. The zero-order valence-corrected chi connectivity index (χ0v) is 10.7. The molecule has 0 aromatic heterocycles. The number of ether oxygens (including phenoxy) is 1. The second-order valence-electron chi connectivity index (χ2n) is 4.86. The summed E-state index contributed by atoms with van der Waals surface area (Å²) in [5.74, 6) is -8.30. The minimum absolute atomic E-state index is 0.220. The third kappa shape index (κ3) is 2.06. The first-order chi connectivity index (χ1) is 9.33. The molecule has 7 heteroatoms. The van der Waals surface area contributed by atoms with Crippen molar-refractivity contribution in [1.82, 2.24) is 0 Å². The maximum atomic E-state index is 14.0. The molecule has 1 aliphatic carbocycles. The Labute approximate surface area is 112 Å². The molecular weight excluding hydrogens is 278 g/mol. The SMILES string of the molecule is COC(=O)c1c(F)c(F)c(C2(N)CCCC2)c(F)c1F. The first-order valence-corrected chi connectivity index (χ1v) is 6.07. The van der Waals surface area contributed by atoms with Crippen molar-refractivity contribution in [3.05, 3.63) is 34.4 Å². The van der Waals surface area contributed by atoms with E-state index in [1.54, 1.807) is 0 Å². The van der Waals surface area contributed by atoms with Gasteiger partial charge in [0.1, 0.15) is 5.56 Å². The van der Waals surface area contributed by atoms with E-state index in [-0.39, 0.29) is 12.8 Å². The summed E-state index contributed by atoms with van der Waals surface area (Å²) in [7, 11) is 0.854. The molecule has 0 saturated heterocycles. The Morgan fingerprint density at radius 3 is 1.90 bits per heavy atom. The van der Waals surface area contributed by atoms with Crippen molar-refractivity contribution in [3.8, 4) is 0 Å². The number of halogens is 4. The number of esters is 1. The van der Waals surface area contributed by atoms with Crippen LogP contribution in [0.15, 0.2) is 0 Å². The lowest BCUT2D eigenvalue weighted by molar-refractivity contribution is 0.0586. The van der Waals surface area contributed by atoms with Crippen LogP contribution in [0.4, 0.5) is 17.6 Å². The minimum atomic E-state index is -1.78. The lowest BCUT2D eigenvalue weighted by atomic mass is 9.87. The number of rotatable bonds is 2. The van der Waals surface area contributed by atoms with Crippen LogP contribution in [0.25, 0.3) is 0 Å². The summed E-state index contributed by atoms with van der Waals surface area (Å²) >= 11 is 0. The fraction of sp³-hybridized carbons (Fsp3) is 0.462. The van der Waals surface area contributed by atoms with Crippen LogP contribution in [0.5, 0.6) is 0 Å². The highest BCUT2D eigenvalue weighted by atomic mass is 19.2. The first kappa shape index (κ1) is 14.8. The predicted octanol–water partition coefficient (Wildman–Crippen LogP) is 2.76. The molecule has 1 aliphatic rings. The van der Waals surface area contributed by atoms with Crippen LogP contribution in [0.1, 0.15) is 41.6 Å². The quantitative estimate of drug-likeness (QED) is 0.518. The van der Waals surface area contributed by atoms with Crippen LogP contribution in [-0.2, 0) is 10.3 Å². The molecule has 1 aromatic carbocycles. The second-order valence-corrected chi connectivity index (χ2v) is 4.86. The fourth-order valence-corrected chi connectivity index (χ4v) is 2.61. The standard InChI is InChI=1S/C13H13F4NO2/c1-20-12(19)6-8(14)10(16)7(11(17)9(6)15)13(18)4-2-3-5-13/h2-5,18H2,1H3. The van der Waals surface area contributed by atoms with E-state index in [9.17, 15) is 22.4 Å². The monoisotopic (exact) mass is 291 g/mol. The van der Waals surface area contributed by atoms with E-state index in [0.29, 0.717) is 12.8 Å². The summed E-state index contributed by atoms with van der Waals surface area (Å²) in [4.78, 5) is 11.2. The molecule has 0 heterocycles. The lowest BCUT2D eigenvalue weighted by Gasteiger charge is -2.26. The van der Waals surface area contributed by atoms with E-state index in [0.717, 1.165) is 7.11 Å². The van der Waals surface area contributed by atoms with Crippen LogP contribution >= 0.6 is 0 Å². The molecule has 0 unspecified atom stereocenters. The van der Waals surface area contributed by atoms with Gasteiger partial charge in [-0.15, -0.1) is 0 Å². The van der Waals surface area contributed by atoms with Crippen LogP contribution in [0, 0.1) is 23.3 Å². The highest BCUT2D eigenvalue weighted by Gasteiger charge is 2.41. The van der Waals surface area contributed by atoms with Gasteiger partial charge in [-0.1, -0.05) is 12.8 Å². The third-order valence-corrected chi connectivity index (χ3v) is 3.65. The summed E-state index contributed by atoms with van der Waals surface area (Å²) < 4.78 is 59.8. The van der Waals surface area contributed by atoms with Crippen LogP contribution < -0.4 is 5.73 Å². The van der Waals surface area contributed by atoms with Crippen LogP contribution in [0.2, 0.25) is 0 Å². The Morgan fingerprint density at radius 2 is 1.50 bits per heavy atom. The molecule has 0 aliphatic heterocycles. The van der Waals surface area contributed by atoms with Gasteiger partial charge >= 0.3 is 5.97 Å². The molecule has 2 rings (SSSR count). The Kier molecular flexibility index (Phi) is 3.73. The van der Waals surface area contributed by atoms with Crippen molar-refractivity contribution in [1.29, 1.82) is 0 Å². The molecule has 3 nitrogen and oxygen atoms in total. The van der Waals surface area contributed by atoms with Crippen molar-refractivity contribution in [2.75, 3.05) is 7.11 Å². The van der Waals surface area contributed by atoms with Gasteiger partial charge in [0.2, 0.25) is 0 Å². The molecule has 1 fully saturated rings. The summed E-state index contributed by atoms with van der Waals surface area (Å²) in [5.41, 5.74) is 2.18. The molecule has 1 saturated carbocycles. The van der Waals surface area contributed by atoms with Gasteiger partial charge in [-0.05, 0) is 12.8 Å². The van der Waals surface area contributed by atoms with Crippen LogP contribution in [0.3, 0.4) is 0 Å². The van der Waals surface area contributed by atoms with Crippen molar-refractivity contribution < 1.29 is 27.1 Å². The summed E-state index contributed by atoms with van der Waals surface area (Å²) in [5, 5.41) is 0. The number of hydrogen-bond donors (Lipinski definition) is 1. The molecule has 0 spiro atoms. The Hall–Kier alpha value is -1.63. The highest BCUT2D eigenvalue weighted by molar-refractivity contribution is 5.90. The largest absolute Gasteiger partial charge is 0.465 e. The van der Waals surface area contributed by atoms with Gasteiger partial charge in [-0.3, -0.25) is 0 Å². The Bertz CT molecular complexity index is 539. The first-order valence-electron chi connectivity index (χ1n) is 6.07. The highest BCUT2D eigenvalue weighted by Crippen LogP contribution is 2.40. The van der Waals surface area contributed by atoms with Crippen molar-refractivity contribution in [2.45, 2.75) is 31.2 Å². The minimum Gasteiger partial charge on any atom is -0.465 e. The second kappa shape index (κ2) is 5.05.